The van der Waals surface area contributed by atoms with E-state index in [1.165, 1.54) is 4.90 Å². The summed E-state index contributed by atoms with van der Waals surface area (Å²) < 4.78 is 47.7. The second-order valence-electron chi connectivity index (χ2n) is 4.84. The first kappa shape index (κ1) is 17.8. The van der Waals surface area contributed by atoms with Crippen LogP contribution in [-0.4, -0.2) is 59.9 Å². The molecule has 0 saturated carbocycles. The highest BCUT2D eigenvalue weighted by molar-refractivity contribution is 5.91. The number of carbonyl (C=O) groups is 2. The Labute approximate surface area is 134 Å². The minimum Gasteiger partial charge on any atom is -0.494 e. The van der Waals surface area contributed by atoms with Crippen LogP contribution in [0.2, 0.25) is 0 Å². The number of hydrogen-bond acceptors (Lipinski definition) is 5. The zero-order valence-corrected chi connectivity index (χ0v) is 12.5. The number of carbonyl (C=O) groups excluding carboxylic acids is 1. The Hall–Kier alpha value is -2.56. The largest absolute Gasteiger partial charge is 0.494 e. The predicted molar refractivity (Wildman–Crippen MR) is 73.8 cm³/mol. The number of nitrogens with zero attached hydrogens (tertiary/aromatic N) is 2. The van der Waals surface area contributed by atoms with E-state index in [0.717, 1.165) is 13.3 Å². The van der Waals surface area contributed by atoms with Crippen LogP contribution in [0.15, 0.2) is 12.3 Å². The first-order valence-electron chi connectivity index (χ1n) is 6.74. The maximum Gasteiger partial charge on any atom is 0.433 e. The van der Waals surface area contributed by atoms with Crippen LogP contribution < -0.4 is 10.1 Å². The zero-order valence-electron chi connectivity index (χ0n) is 12.5. The van der Waals surface area contributed by atoms with Gasteiger partial charge >= 0.3 is 18.2 Å². The number of alkyl halides is 3. The average molecular weight is 349 g/mol. The van der Waals surface area contributed by atoms with Crippen molar-refractivity contribution in [2.45, 2.75) is 12.3 Å². The van der Waals surface area contributed by atoms with Gasteiger partial charge in [-0.15, -0.1) is 0 Å². The molecule has 1 aromatic heterocycles. The number of pyridine rings is 1. The predicted octanol–water partition coefficient (Wildman–Crippen LogP) is 1.43. The lowest BCUT2D eigenvalue weighted by molar-refractivity contribution is -0.154. The zero-order chi connectivity index (χ0) is 17.9. The maximum atomic E-state index is 12.6. The van der Waals surface area contributed by atoms with Crippen molar-refractivity contribution >= 4 is 17.7 Å². The minimum absolute atomic E-state index is 0.0345. The molecule has 24 heavy (non-hydrogen) atoms. The molecule has 1 aliphatic heterocycles. The van der Waals surface area contributed by atoms with Crippen LogP contribution in [0.1, 0.15) is 5.69 Å². The van der Waals surface area contributed by atoms with E-state index in [1.54, 1.807) is 0 Å². The maximum absolute atomic E-state index is 12.6. The van der Waals surface area contributed by atoms with Crippen LogP contribution >= 0.6 is 0 Å². The SMILES string of the molecule is COc1cc(C(F)(F)F)ncc1NC(=O)N1CCOC(C(=O)O)C1. The summed E-state index contributed by atoms with van der Waals surface area (Å²) in [5, 5.41) is 11.2. The third-order valence-electron chi connectivity index (χ3n) is 3.25. The van der Waals surface area contributed by atoms with E-state index in [9.17, 15) is 22.8 Å². The van der Waals surface area contributed by atoms with Crippen molar-refractivity contribution in [3.63, 3.8) is 0 Å². The highest BCUT2D eigenvalue weighted by Crippen LogP contribution is 2.33. The molecule has 2 heterocycles. The van der Waals surface area contributed by atoms with E-state index in [2.05, 4.69) is 10.3 Å². The number of nitrogens with one attached hydrogen (secondary N) is 1. The number of hydrogen-bond donors (Lipinski definition) is 2. The molecule has 132 valence electrons. The highest BCUT2D eigenvalue weighted by Gasteiger charge is 2.34. The van der Waals surface area contributed by atoms with Crippen LogP contribution in [0.4, 0.5) is 23.7 Å². The lowest BCUT2D eigenvalue weighted by atomic mass is 10.2. The van der Waals surface area contributed by atoms with Gasteiger partial charge in [0.25, 0.3) is 0 Å². The molecule has 0 bridgehead atoms. The molecule has 0 aromatic carbocycles. The number of morpholine rings is 1. The number of aromatic nitrogens is 1. The van der Waals surface area contributed by atoms with Crippen molar-refractivity contribution in [3.8, 4) is 5.75 Å². The van der Waals surface area contributed by atoms with Crippen molar-refractivity contribution in [2.24, 2.45) is 0 Å². The number of aliphatic carboxylic acids is 1. The van der Waals surface area contributed by atoms with E-state index < -0.39 is 30.0 Å². The van der Waals surface area contributed by atoms with Gasteiger partial charge in [0, 0.05) is 12.6 Å². The molecular formula is C13H14F3N3O5. The number of methoxy groups -OCH3 is 1. The number of halogens is 3. The summed E-state index contributed by atoms with van der Waals surface area (Å²) in [5.41, 5.74) is -1.22. The average Bonchev–Trinajstić information content (AvgIpc) is 2.54. The number of amides is 2. The summed E-state index contributed by atoms with van der Waals surface area (Å²) in [4.78, 5) is 27.5. The van der Waals surface area contributed by atoms with Crippen LogP contribution in [0, 0.1) is 0 Å². The third kappa shape index (κ3) is 4.04. The van der Waals surface area contributed by atoms with Gasteiger partial charge in [0.05, 0.1) is 26.5 Å². The van der Waals surface area contributed by atoms with E-state index in [0.29, 0.717) is 6.07 Å². The first-order chi connectivity index (χ1) is 11.2. The van der Waals surface area contributed by atoms with Crippen molar-refractivity contribution < 1.29 is 37.3 Å². The standard InChI is InChI=1S/C13H14F3N3O5/c1-23-8-4-10(13(14,15)16)17-5-7(8)18-12(22)19-2-3-24-9(6-19)11(20)21/h4-5,9H,2-3,6H2,1H3,(H,18,22)(H,20,21). The van der Waals surface area contributed by atoms with Crippen molar-refractivity contribution in [2.75, 3.05) is 32.1 Å². The Balaban J connectivity index is 2.12. The van der Waals surface area contributed by atoms with Crippen LogP contribution in [0.25, 0.3) is 0 Å². The molecule has 1 fully saturated rings. The topological polar surface area (TPSA) is 101 Å². The summed E-state index contributed by atoms with van der Waals surface area (Å²) in [6.07, 6.45) is -4.97. The summed E-state index contributed by atoms with van der Waals surface area (Å²) in [6.45, 7) is -0.00365. The highest BCUT2D eigenvalue weighted by atomic mass is 19.4. The summed E-state index contributed by atoms with van der Waals surface area (Å²) in [5.74, 6) is -1.42. The lowest BCUT2D eigenvalue weighted by Crippen LogP contribution is -2.49. The molecule has 2 amide bonds. The molecule has 11 heteroatoms. The Morgan fingerprint density at radius 3 is 2.79 bits per heavy atom. The Kier molecular flexibility index (Phi) is 5.12. The van der Waals surface area contributed by atoms with Crippen molar-refractivity contribution in [1.29, 1.82) is 0 Å². The van der Waals surface area contributed by atoms with Gasteiger partial charge in [-0.2, -0.15) is 13.2 Å². The summed E-state index contributed by atoms with van der Waals surface area (Å²) >= 11 is 0. The van der Waals surface area contributed by atoms with Crippen molar-refractivity contribution in [3.05, 3.63) is 18.0 Å². The molecule has 2 rings (SSSR count). The monoisotopic (exact) mass is 349 g/mol. The number of urea groups is 1. The molecular weight excluding hydrogens is 335 g/mol. The lowest BCUT2D eigenvalue weighted by Gasteiger charge is -2.31. The van der Waals surface area contributed by atoms with Gasteiger partial charge in [-0.1, -0.05) is 0 Å². The molecule has 1 atom stereocenters. The fraction of sp³-hybridized carbons (Fsp3) is 0.462. The van der Waals surface area contributed by atoms with Gasteiger partial charge in [-0.05, 0) is 0 Å². The number of carboxylic acids is 1. The number of ether oxygens (including phenoxy) is 2. The fourth-order valence-corrected chi connectivity index (χ4v) is 2.03. The van der Waals surface area contributed by atoms with Gasteiger partial charge in [0.2, 0.25) is 0 Å². The molecule has 0 radical (unpaired) electrons. The normalized spacial score (nSPS) is 18.2. The quantitative estimate of drug-likeness (QED) is 0.856. The smallest absolute Gasteiger partial charge is 0.433 e. The van der Waals surface area contributed by atoms with Gasteiger partial charge in [0.15, 0.2) is 6.10 Å². The second-order valence-corrected chi connectivity index (χ2v) is 4.84. The second kappa shape index (κ2) is 6.91. The molecule has 1 unspecified atom stereocenters. The molecule has 0 aliphatic carbocycles. The molecule has 1 aromatic rings. The molecule has 1 saturated heterocycles. The number of carboxylic acid groups (broad SMARTS) is 1. The van der Waals surface area contributed by atoms with E-state index in [-0.39, 0.29) is 31.1 Å². The fourth-order valence-electron chi connectivity index (χ4n) is 2.03. The van der Waals surface area contributed by atoms with E-state index in [1.807, 2.05) is 0 Å². The molecule has 2 N–H and O–H groups in total. The number of anilines is 1. The van der Waals surface area contributed by atoms with Gasteiger partial charge in [0.1, 0.15) is 17.1 Å². The van der Waals surface area contributed by atoms with Crippen LogP contribution in [0.3, 0.4) is 0 Å². The van der Waals surface area contributed by atoms with Gasteiger partial charge in [-0.25, -0.2) is 14.6 Å². The number of rotatable bonds is 3. The van der Waals surface area contributed by atoms with E-state index in [4.69, 9.17) is 14.6 Å². The summed E-state index contributed by atoms with van der Waals surface area (Å²) in [6, 6.07) is -0.0287. The first-order valence-corrected chi connectivity index (χ1v) is 6.74. The van der Waals surface area contributed by atoms with Gasteiger partial charge < -0.3 is 24.8 Å². The molecule has 8 nitrogen and oxygen atoms in total. The summed E-state index contributed by atoms with van der Waals surface area (Å²) in [7, 11) is 1.15. The molecule has 0 spiro atoms. The Morgan fingerprint density at radius 2 is 2.21 bits per heavy atom. The van der Waals surface area contributed by atoms with E-state index >= 15 is 0 Å². The third-order valence-corrected chi connectivity index (χ3v) is 3.25. The minimum atomic E-state index is -4.64. The van der Waals surface area contributed by atoms with Gasteiger partial charge in [-0.3, -0.25) is 0 Å². The Morgan fingerprint density at radius 1 is 1.50 bits per heavy atom. The Bertz CT molecular complexity index is 638. The van der Waals surface area contributed by atoms with Crippen LogP contribution in [0.5, 0.6) is 5.75 Å². The van der Waals surface area contributed by atoms with Crippen LogP contribution in [-0.2, 0) is 15.7 Å². The van der Waals surface area contributed by atoms with Crippen molar-refractivity contribution in [1.82, 2.24) is 9.88 Å². The molecule has 1 aliphatic rings.